The van der Waals surface area contributed by atoms with Gasteiger partial charge in [-0.1, -0.05) is 25.1 Å². The summed E-state index contributed by atoms with van der Waals surface area (Å²) in [6.45, 7) is 2.14. The number of hydrogen-bond donors (Lipinski definition) is 1. The molecule has 0 saturated heterocycles. The van der Waals surface area contributed by atoms with E-state index < -0.39 is 0 Å². The van der Waals surface area contributed by atoms with Crippen molar-refractivity contribution in [3.05, 3.63) is 47.3 Å². The summed E-state index contributed by atoms with van der Waals surface area (Å²) in [6.07, 6.45) is 3.04. The van der Waals surface area contributed by atoms with Gasteiger partial charge in [-0.3, -0.25) is 0 Å². The maximum atomic E-state index is 6.16. The van der Waals surface area contributed by atoms with Crippen LogP contribution < -0.4 is 5.73 Å². The van der Waals surface area contributed by atoms with Gasteiger partial charge in [0, 0.05) is 17.3 Å². The zero-order valence-corrected chi connectivity index (χ0v) is 10.1. The molecule has 0 spiro atoms. The highest BCUT2D eigenvalue weighted by Crippen LogP contribution is 2.33. The Bertz CT molecular complexity index is 528. The van der Waals surface area contributed by atoms with Crippen molar-refractivity contribution in [1.29, 1.82) is 0 Å². The fourth-order valence-electron chi connectivity index (χ4n) is 2.66. The normalized spacial score (nSPS) is 18.4. The van der Waals surface area contributed by atoms with E-state index in [9.17, 15) is 0 Å². The third kappa shape index (κ3) is 1.58. The predicted octanol–water partition coefficient (Wildman–Crippen LogP) is 2.38. The number of aromatic nitrogens is 2. The minimum atomic E-state index is 0.178. The maximum Gasteiger partial charge on any atom is 0.0676 e. The summed E-state index contributed by atoms with van der Waals surface area (Å²) < 4.78 is 2.07. The van der Waals surface area contributed by atoms with Gasteiger partial charge in [-0.05, 0) is 31.4 Å². The van der Waals surface area contributed by atoms with Crippen LogP contribution in [-0.4, -0.2) is 9.78 Å². The molecule has 0 bridgehead atoms. The van der Waals surface area contributed by atoms with E-state index in [2.05, 4.69) is 23.7 Å². The van der Waals surface area contributed by atoms with Crippen molar-refractivity contribution in [3.8, 4) is 5.69 Å². The molecular formula is C14H17N3. The van der Waals surface area contributed by atoms with Crippen molar-refractivity contribution in [2.24, 2.45) is 5.73 Å². The van der Waals surface area contributed by atoms with E-state index in [0.717, 1.165) is 30.6 Å². The number of hydrogen-bond acceptors (Lipinski definition) is 2. The number of nitrogens with two attached hydrogens (primary N) is 1. The number of para-hydroxylation sites is 1. The second-order valence-electron chi connectivity index (χ2n) is 4.55. The fraction of sp³-hybridized carbons (Fsp3) is 0.357. The summed E-state index contributed by atoms with van der Waals surface area (Å²) in [5.41, 5.74) is 11.1. The predicted molar refractivity (Wildman–Crippen MR) is 68.2 cm³/mol. The van der Waals surface area contributed by atoms with Gasteiger partial charge in [0.05, 0.1) is 11.4 Å². The molecule has 3 rings (SSSR count). The second kappa shape index (κ2) is 4.00. The molecule has 1 aromatic carbocycles. The quantitative estimate of drug-likeness (QED) is 0.856. The SMILES string of the molecule is CCc1nn(-c2ccccc2)c2c1C(N)CC2. The maximum absolute atomic E-state index is 6.16. The van der Waals surface area contributed by atoms with E-state index in [0.29, 0.717) is 0 Å². The minimum Gasteiger partial charge on any atom is -0.324 e. The molecule has 1 heterocycles. The Kier molecular flexibility index (Phi) is 2.48. The molecule has 17 heavy (non-hydrogen) atoms. The van der Waals surface area contributed by atoms with Crippen LogP contribution in [0, 0.1) is 0 Å². The molecule has 3 heteroatoms. The van der Waals surface area contributed by atoms with E-state index in [4.69, 9.17) is 10.8 Å². The van der Waals surface area contributed by atoms with Crippen LogP contribution in [0.25, 0.3) is 5.69 Å². The average molecular weight is 227 g/mol. The lowest BCUT2D eigenvalue weighted by molar-refractivity contribution is 0.679. The lowest BCUT2D eigenvalue weighted by atomic mass is 10.1. The van der Waals surface area contributed by atoms with Gasteiger partial charge in [0.25, 0.3) is 0 Å². The fourth-order valence-corrected chi connectivity index (χ4v) is 2.66. The van der Waals surface area contributed by atoms with Crippen molar-refractivity contribution in [3.63, 3.8) is 0 Å². The standard InChI is InChI=1S/C14H17N3/c1-2-12-14-11(15)8-9-13(14)17(16-12)10-6-4-3-5-7-10/h3-7,11H,2,8-9,15H2,1H3. The lowest BCUT2D eigenvalue weighted by Gasteiger charge is -2.04. The van der Waals surface area contributed by atoms with Crippen LogP contribution in [0.3, 0.4) is 0 Å². The molecule has 0 radical (unpaired) electrons. The van der Waals surface area contributed by atoms with Crippen LogP contribution in [0.4, 0.5) is 0 Å². The highest BCUT2D eigenvalue weighted by atomic mass is 15.3. The van der Waals surface area contributed by atoms with Crippen LogP contribution >= 0.6 is 0 Å². The van der Waals surface area contributed by atoms with Gasteiger partial charge in [-0.2, -0.15) is 5.10 Å². The first-order valence-electron chi connectivity index (χ1n) is 6.23. The molecule has 2 aromatic rings. The number of rotatable bonds is 2. The van der Waals surface area contributed by atoms with Gasteiger partial charge in [0.1, 0.15) is 0 Å². The number of nitrogens with zero attached hydrogens (tertiary/aromatic N) is 2. The molecule has 1 aromatic heterocycles. The smallest absolute Gasteiger partial charge is 0.0676 e. The molecule has 1 aliphatic rings. The monoisotopic (exact) mass is 227 g/mol. The molecule has 1 atom stereocenters. The highest BCUT2D eigenvalue weighted by molar-refractivity contribution is 5.41. The lowest BCUT2D eigenvalue weighted by Crippen LogP contribution is -2.07. The Morgan fingerprint density at radius 1 is 1.35 bits per heavy atom. The molecule has 2 N–H and O–H groups in total. The van der Waals surface area contributed by atoms with Crippen LogP contribution in [0.15, 0.2) is 30.3 Å². The Morgan fingerprint density at radius 3 is 2.82 bits per heavy atom. The molecule has 3 nitrogen and oxygen atoms in total. The number of aryl methyl sites for hydroxylation is 1. The van der Waals surface area contributed by atoms with Crippen molar-refractivity contribution < 1.29 is 0 Å². The minimum absolute atomic E-state index is 0.178. The van der Waals surface area contributed by atoms with Gasteiger partial charge in [-0.15, -0.1) is 0 Å². The van der Waals surface area contributed by atoms with E-state index in [1.165, 1.54) is 11.3 Å². The van der Waals surface area contributed by atoms with Gasteiger partial charge in [0.15, 0.2) is 0 Å². The summed E-state index contributed by atoms with van der Waals surface area (Å²) in [4.78, 5) is 0. The summed E-state index contributed by atoms with van der Waals surface area (Å²) >= 11 is 0. The molecule has 0 aliphatic heterocycles. The number of benzene rings is 1. The number of fused-ring (bicyclic) bond motifs is 1. The molecule has 0 amide bonds. The molecule has 0 saturated carbocycles. The Morgan fingerprint density at radius 2 is 2.12 bits per heavy atom. The van der Waals surface area contributed by atoms with Crippen molar-refractivity contribution in [2.45, 2.75) is 32.2 Å². The van der Waals surface area contributed by atoms with Gasteiger partial charge in [0.2, 0.25) is 0 Å². The zero-order chi connectivity index (χ0) is 11.8. The Balaban J connectivity index is 2.17. The first kappa shape index (κ1) is 10.5. The average Bonchev–Trinajstić information content (AvgIpc) is 2.92. The zero-order valence-electron chi connectivity index (χ0n) is 10.1. The highest BCUT2D eigenvalue weighted by Gasteiger charge is 2.27. The van der Waals surface area contributed by atoms with Crippen molar-refractivity contribution in [2.75, 3.05) is 0 Å². The topological polar surface area (TPSA) is 43.8 Å². The van der Waals surface area contributed by atoms with E-state index in [1.54, 1.807) is 0 Å². The molecule has 88 valence electrons. The van der Waals surface area contributed by atoms with E-state index in [-0.39, 0.29) is 6.04 Å². The van der Waals surface area contributed by atoms with Crippen molar-refractivity contribution in [1.82, 2.24) is 9.78 Å². The summed E-state index contributed by atoms with van der Waals surface area (Å²) in [5.74, 6) is 0. The first-order chi connectivity index (χ1) is 8.31. The Labute approximate surface area is 101 Å². The summed E-state index contributed by atoms with van der Waals surface area (Å²) in [6, 6.07) is 10.5. The van der Waals surface area contributed by atoms with E-state index in [1.807, 2.05) is 18.2 Å². The van der Waals surface area contributed by atoms with Crippen LogP contribution in [0.1, 0.15) is 36.3 Å². The molecule has 1 unspecified atom stereocenters. The van der Waals surface area contributed by atoms with E-state index >= 15 is 0 Å². The van der Waals surface area contributed by atoms with Crippen LogP contribution in [-0.2, 0) is 12.8 Å². The molecular weight excluding hydrogens is 210 g/mol. The summed E-state index contributed by atoms with van der Waals surface area (Å²) in [5, 5.41) is 4.71. The summed E-state index contributed by atoms with van der Waals surface area (Å²) in [7, 11) is 0. The van der Waals surface area contributed by atoms with Gasteiger partial charge in [-0.25, -0.2) is 4.68 Å². The van der Waals surface area contributed by atoms with Gasteiger partial charge >= 0.3 is 0 Å². The van der Waals surface area contributed by atoms with Crippen LogP contribution in [0.5, 0.6) is 0 Å². The third-order valence-electron chi connectivity index (χ3n) is 3.50. The largest absolute Gasteiger partial charge is 0.324 e. The molecule has 1 aliphatic carbocycles. The van der Waals surface area contributed by atoms with Gasteiger partial charge < -0.3 is 5.73 Å². The first-order valence-corrected chi connectivity index (χ1v) is 6.23. The Hall–Kier alpha value is -1.61. The third-order valence-corrected chi connectivity index (χ3v) is 3.50. The molecule has 0 fully saturated rings. The second-order valence-corrected chi connectivity index (χ2v) is 4.55. The van der Waals surface area contributed by atoms with Crippen molar-refractivity contribution >= 4 is 0 Å². The van der Waals surface area contributed by atoms with Crippen LogP contribution in [0.2, 0.25) is 0 Å².